The molecule has 1 unspecified atom stereocenters. The monoisotopic (exact) mass is 338 g/mol. The first-order valence-corrected chi connectivity index (χ1v) is 7.61. The molecule has 0 heterocycles. The van der Waals surface area contributed by atoms with Crippen LogP contribution in [0.4, 0.5) is 0 Å². The van der Waals surface area contributed by atoms with Gasteiger partial charge in [0.15, 0.2) is 10.8 Å². The fourth-order valence-electron chi connectivity index (χ4n) is 1.77. The predicted octanol–water partition coefficient (Wildman–Crippen LogP) is 4.29. The van der Waals surface area contributed by atoms with Gasteiger partial charge in [-0.3, -0.25) is 4.79 Å². The minimum Gasteiger partial charge on any atom is -0.489 e. The normalized spacial score (nSPS) is 13.5. The van der Waals surface area contributed by atoms with Crippen molar-refractivity contribution in [3.8, 4) is 5.75 Å². The topological polar surface area (TPSA) is 46.5 Å². The highest BCUT2D eigenvalue weighted by molar-refractivity contribution is 6.30. The Morgan fingerprint density at radius 2 is 1.59 bits per heavy atom. The van der Waals surface area contributed by atoms with Crippen molar-refractivity contribution in [1.29, 1.82) is 0 Å². The van der Waals surface area contributed by atoms with E-state index >= 15 is 0 Å². The van der Waals surface area contributed by atoms with Gasteiger partial charge in [0.2, 0.25) is 0 Å². The molecule has 0 saturated heterocycles. The van der Waals surface area contributed by atoms with Gasteiger partial charge in [-0.1, -0.05) is 30.1 Å². The summed E-state index contributed by atoms with van der Waals surface area (Å²) >= 11 is 11.6. The molecule has 3 nitrogen and oxygen atoms in total. The lowest BCUT2D eigenvalue weighted by molar-refractivity contribution is 0.0658. The molecule has 0 radical (unpaired) electrons. The van der Waals surface area contributed by atoms with E-state index in [2.05, 4.69) is 0 Å². The molecule has 22 heavy (non-hydrogen) atoms. The van der Waals surface area contributed by atoms with E-state index < -0.39 is 5.06 Å². The summed E-state index contributed by atoms with van der Waals surface area (Å²) in [6.07, 6.45) is 0.377. The third-order valence-corrected chi connectivity index (χ3v) is 3.85. The van der Waals surface area contributed by atoms with Gasteiger partial charge < -0.3 is 9.84 Å². The molecule has 5 heteroatoms. The maximum absolute atomic E-state index is 12.3. The van der Waals surface area contributed by atoms with Crippen molar-refractivity contribution in [1.82, 2.24) is 0 Å². The zero-order valence-electron chi connectivity index (χ0n) is 12.1. The first-order valence-electron chi connectivity index (χ1n) is 6.86. The van der Waals surface area contributed by atoms with Gasteiger partial charge in [0, 0.05) is 16.1 Å². The number of carbonyl (C=O) groups is 1. The lowest BCUT2D eigenvalue weighted by Crippen LogP contribution is -2.28. The van der Waals surface area contributed by atoms with Gasteiger partial charge in [0.1, 0.15) is 12.4 Å². The van der Waals surface area contributed by atoms with Gasteiger partial charge in [-0.15, -0.1) is 0 Å². The second kappa shape index (κ2) is 7.14. The van der Waals surface area contributed by atoms with E-state index in [-0.39, 0.29) is 12.4 Å². The number of hydrogen-bond donors (Lipinski definition) is 1. The summed E-state index contributed by atoms with van der Waals surface area (Å²) in [7, 11) is 0. The largest absolute Gasteiger partial charge is 0.489 e. The van der Waals surface area contributed by atoms with Crippen LogP contribution in [-0.4, -0.2) is 22.6 Å². The SMILES string of the molecule is CCC(O)(Cl)COc1ccc(C(=O)c2ccc(Cl)cc2)cc1. The number of halogens is 2. The first kappa shape index (κ1) is 16.8. The van der Waals surface area contributed by atoms with E-state index in [1.54, 1.807) is 55.5 Å². The molecule has 0 aromatic heterocycles. The van der Waals surface area contributed by atoms with Crippen LogP contribution in [0.25, 0.3) is 0 Å². The lowest BCUT2D eigenvalue weighted by atomic mass is 10.0. The standard InChI is InChI=1S/C17H16Cl2O3/c1-2-17(19,21)11-22-15-9-5-13(6-10-15)16(20)12-3-7-14(18)8-4-12/h3-10,21H,2,11H2,1H3. The Bertz CT molecular complexity index is 634. The quantitative estimate of drug-likeness (QED) is 0.631. The van der Waals surface area contributed by atoms with Crippen molar-refractivity contribution in [3.63, 3.8) is 0 Å². The average molecular weight is 339 g/mol. The van der Waals surface area contributed by atoms with E-state index in [0.29, 0.717) is 28.3 Å². The summed E-state index contributed by atoms with van der Waals surface area (Å²) in [6.45, 7) is 1.75. The van der Waals surface area contributed by atoms with Crippen LogP contribution in [0.5, 0.6) is 5.75 Å². The maximum Gasteiger partial charge on any atom is 0.193 e. The Labute approximate surface area is 139 Å². The van der Waals surface area contributed by atoms with Crippen LogP contribution in [0.2, 0.25) is 5.02 Å². The number of carbonyl (C=O) groups excluding carboxylic acids is 1. The highest BCUT2D eigenvalue weighted by atomic mass is 35.5. The van der Waals surface area contributed by atoms with E-state index in [4.69, 9.17) is 27.9 Å². The molecule has 116 valence electrons. The summed E-state index contributed by atoms with van der Waals surface area (Å²) in [5.74, 6) is 0.450. The highest BCUT2D eigenvalue weighted by Gasteiger charge is 2.21. The Hall–Kier alpha value is -1.55. The molecule has 0 bridgehead atoms. The number of rotatable bonds is 6. The lowest BCUT2D eigenvalue weighted by Gasteiger charge is -2.19. The zero-order valence-corrected chi connectivity index (χ0v) is 13.6. The highest BCUT2D eigenvalue weighted by Crippen LogP contribution is 2.20. The first-order chi connectivity index (χ1) is 10.4. The van der Waals surface area contributed by atoms with Crippen molar-refractivity contribution in [2.45, 2.75) is 18.4 Å². The zero-order chi connectivity index (χ0) is 16.2. The van der Waals surface area contributed by atoms with E-state index in [1.807, 2.05) is 0 Å². The smallest absolute Gasteiger partial charge is 0.193 e. The Kier molecular flexibility index (Phi) is 5.46. The van der Waals surface area contributed by atoms with Crippen LogP contribution in [-0.2, 0) is 0 Å². The van der Waals surface area contributed by atoms with Crippen molar-refractivity contribution < 1.29 is 14.6 Å². The predicted molar refractivity (Wildman–Crippen MR) is 87.9 cm³/mol. The van der Waals surface area contributed by atoms with Gasteiger partial charge in [-0.05, 0) is 55.0 Å². The van der Waals surface area contributed by atoms with Gasteiger partial charge >= 0.3 is 0 Å². The number of aliphatic hydroxyl groups is 1. The van der Waals surface area contributed by atoms with Gasteiger partial charge in [0.05, 0.1) is 0 Å². The Morgan fingerprint density at radius 3 is 2.09 bits per heavy atom. The third-order valence-electron chi connectivity index (χ3n) is 3.22. The Balaban J connectivity index is 2.05. The van der Waals surface area contributed by atoms with Crippen LogP contribution in [0.15, 0.2) is 48.5 Å². The van der Waals surface area contributed by atoms with Crippen LogP contribution < -0.4 is 4.74 Å². The number of ketones is 1. The molecule has 0 aliphatic carbocycles. The van der Waals surface area contributed by atoms with Crippen molar-refractivity contribution >= 4 is 29.0 Å². The van der Waals surface area contributed by atoms with Gasteiger partial charge in [0.25, 0.3) is 0 Å². The maximum atomic E-state index is 12.3. The Morgan fingerprint density at radius 1 is 1.09 bits per heavy atom. The molecular formula is C17H16Cl2O3. The molecule has 0 aliphatic heterocycles. The fraction of sp³-hybridized carbons (Fsp3) is 0.235. The molecule has 0 aliphatic rings. The molecule has 0 saturated carbocycles. The minimum absolute atomic E-state index is 0.0183. The van der Waals surface area contributed by atoms with Crippen molar-refractivity contribution in [2.24, 2.45) is 0 Å². The number of ether oxygens (including phenoxy) is 1. The van der Waals surface area contributed by atoms with Crippen LogP contribution in [0.3, 0.4) is 0 Å². The van der Waals surface area contributed by atoms with Gasteiger partial charge in [-0.25, -0.2) is 0 Å². The molecular weight excluding hydrogens is 323 g/mol. The average Bonchev–Trinajstić information content (AvgIpc) is 2.54. The van der Waals surface area contributed by atoms with Crippen molar-refractivity contribution in [2.75, 3.05) is 6.61 Å². The van der Waals surface area contributed by atoms with Crippen LogP contribution in [0.1, 0.15) is 29.3 Å². The van der Waals surface area contributed by atoms with Crippen molar-refractivity contribution in [3.05, 3.63) is 64.7 Å². The molecule has 2 rings (SSSR count). The molecule has 2 aromatic carbocycles. The fourth-order valence-corrected chi connectivity index (χ4v) is 1.95. The molecule has 1 atom stereocenters. The molecule has 2 aromatic rings. The molecule has 1 N–H and O–H groups in total. The number of benzene rings is 2. The minimum atomic E-state index is -1.38. The summed E-state index contributed by atoms with van der Waals surface area (Å²) in [5.41, 5.74) is 1.12. The van der Waals surface area contributed by atoms with Crippen LogP contribution >= 0.6 is 23.2 Å². The number of alkyl halides is 1. The van der Waals surface area contributed by atoms with Gasteiger partial charge in [-0.2, -0.15) is 0 Å². The van der Waals surface area contributed by atoms with E-state index in [0.717, 1.165) is 0 Å². The summed E-state index contributed by atoms with van der Waals surface area (Å²) < 4.78 is 5.41. The van der Waals surface area contributed by atoms with E-state index in [1.165, 1.54) is 0 Å². The summed E-state index contributed by atoms with van der Waals surface area (Å²) in [4.78, 5) is 12.3. The second-order valence-electron chi connectivity index (χ2n) is 4.92. The summed E-state index contributed by atoms with van der Waals surface area (Å²) in [6, 6.07) is 13.4. The molecule has 0 amide bonds. The van der Waals surface area contributed by atoms with E-state index in [9.17, 15) is 9.90 Å². The third kappa shape index (κ3) is 4.47. The molecule has 0 spiro atoms. The number of hydrogen-bond acceptors (Lipinski definition) is 3. The second-order valence-corrected chi connectivity index (χ2v) is 6.06. The summed E-state index contributed by atoms with van der Waals surface area (Å²) in [5, 5.41) is 8.88. The van der Waals surface area contributed by atoms with Crippen LogP contribution in [0, 0.1) is 0 Å². The molecule has 0 fully saturated rings.